The molecule has 0 unspecified atom stereocenters. The number of rotatable bonds is 5. The molecule has 28 heavy (non-hydrogen) atoms. The van der Waals surface area contributed by atoms with E-state index in [0.29, 0.717) is 0 Å². The lowest BCUT2D eigenvalue weighted by Crippen LogP contribution is -2.32. The Balaban J connectivity index is 1.19. The Morgan fingerprint density at radius 1 is 0.929 bits per heavy atom. The fraction of sp³-hybridized carbons (Fsp3) is 0.280. The monoisotopic (exact) mass is 370 g/mol. The third-order valence-corrected chi connectivity index (χ3v) is 6.00. The molecule has 1 aromatic heterocycles. The molecule has 0 bridgehead atoms. The van der Waals surface area contributed by atoms with Gasteiger partial charge in [-0.25, -0.2) is 0 Å². The summed E-state index contributed by atoms with van der Waals surface area (Å²) in [7, 11) is 2.20. The fourth-order valence-corrected chi connectivity index (χ4v) is 4.51. The lowest BCUT2D eigenvalue weighted by atomic mass is 10.0. The van der Waals surface area contributed by atoms with Crippen LogP contribution in [0.1, 0.15) is 17.7 Å². The minimum atomic E-state index is 0.761. The van der Waals surface area contributed by atoms with E-state index >= 15 is 0 Å². The average molecular weight is 370 g/mol. The summed E-state index contributed by atoms with van der Waals surface area (Å²) in [6.07, 6.45) is 2.18. The summed E-state index contributed by atoms with van der Waals surface area (Å²) in [6.45, 7) is 4.02. The van der Waals surface area contributed by atoms with Crippen LogP contribution in [0.25, 0.3) is 21.7 Å². The number of aryl methyl sites for hydroxylation is 1. The molecular weight excluding hydrogens is 344 g/mol. The quantitative estimate of drug-likeness (QED) is 0.452. The average Bonchev–Trinajstić information content (AvgIpc) is 3.03. The molecule has 0 radical (unpaired) electrons. The summed E-state index contributed by atoms with van der Waals surface area (Å²) in [5.41, 5.74) is 4.37. The summed E-state index contributed by atoms with van der Waals surface area (Å²) in [6, 6.07) is 23.5. The van der Waals surface area contributed by atoms with E-state index in [1.54, 1.807) is 0 Å². The van der Waals surface area contributed by atoms with Gasteiger partial charge in [0.1, 0.15) is 5.75 Å². The molecule has 5 rings (SSSR count). The molecule has 1 aliphatic heterocycles. The van der Waals surface area contributed by atoms with Gasteiger partial charge in [0.05, 0.1) is 6.61 Å². The van der Waals surface area contributed by atoms with E-state index in [4.69, 9.17) is 4.74 Å². The third kappa shape index (κ3) is 3.16. The lowest BCUT2D eigenvalue weighted by molar-refractivity contribution is 0.220. The van der Waals surface area contributed by atoms with Crippen molar-refractivity contribution in [3.63, 3.8) is 0 Å². The zero-order chi connectivity index (χ0) is 18.9. The molecular formula is C25H26N2O. The highest BCUT2D eigenvalue weighted by molar-refractivity contribution is 5.86. The van der Waals surface area contributed by atoms with Crippen molar-refractivity contribution in [2.45, 2.75) is 19.4 Å². The maximum Gasteiger partial charge on any atom is 0.119 e. The molecule has 2 heterocycles. The number of ether oxygens (including phenoxy) is 1. The number of fused-ring (bicyclic) bond motifs is 4. The number of hydrogen-bond donors (Lipinski definition) is 0. The van der Waals surface area contributed by atoms with Crippen LogP contribution in [0.5, 0.6) is 5.75 Å². The molecule has 3 nitrogen and oxygen atoms in total. The van der Waals surface area contributed by atoms with Crippen molar-refractivity contribution in [3.8, 4) is 5.75 Å². The van der Waals surface area contributed by atoms with Crippen molar-refractivity contribution in [2.24, 2.45) is 7.05 Å². The first-order valence-electron chi connectivity index (χ1n) is 10.2. The zero-order valence-corrected chi connectivity index (χ0v) is 16.4. The van der Waals surface area contributed by atoms with Gasteiger partial charge in [-0.05, 0) is 41.0 Å². The molecule has 0 spiro atoms. The van der Waals surface area contributed by atoms with E-state index in [-0.39, 0.29) is 0 Å². The molecule has 0 saturated heterocycles. The third-order valence-electron chi connectivity index (χ3n) is 6.00. The van der Waals surface area contributed by atoms with Crippen LogP contribution in [0.3, 0.4) is 0 Å². The SMILES string of the molecule is Cn1c2c(c3ccccc31)CN(CCCOc1ccc3ccccc3c1)CC2. The summed E-state index contributed by atoms with van der Waals surface area (Å²) in [5.74, 6) is 0.966. The Kier molecular flexibility index (Phi) is 4.53. The topological polar surface area (TPSA) is 17.4 Å². The van der Waals surface area contributed by atoms with Gasteiger partial charge in [0.25, 0.3) is 0 Å². The maximum atomic E-state index is 6.02. The van der Waals surface area contributed by atoms with Gasteiger partial charge in [-0.2, -0.15) is 0 Å². The van der Waals surface area contributed by atoms with E-state index in [2.05, 4.69) is 83.2 Å². The van der Waals surface area contributed by atoms with Crippen LogP contribution < -0.4 is 4.74 Å². The molecule has 0 fully saturated rings. The van der Waals surface area contributed by atoms with Gasteiger partial charge in [-0.1, -0.05) is 48.5 Å². The fourth-order valence-electron chi connectivity index (χ4n) is 4.51. The number of hydrogen-bond acceptors (Lipinski definition) is 2. The summed E-state index contributed by atoms with van der Waals surface area (Å²) in [4.78, 5) is 2.57. The van der Waals surface area contributed by atoms with Crippen molar-refractivity contribution in [1.82, 2.24) is 9.47 Å². The normalized spacial score (nSPS) is 14.5. The standard InChI is InChI=1S/C25H26N2O/c1-26-24-10-5-4-9-22(24)23-18-27(15-13-25(23)26)14-6-16-28-21-12-11-19-7-2-3-8-20(19)17-21/h2-5,7-12,17H,6,13-16,18H2,1H3. The summed E-state index contributed by atoms with van der Waals surface area (Å²) >= 11 is 0. The van der Waals surface area contributed by atoms with E-state index in [9.17, 15) is 0 Å². The van der Waals surface area contributed by atoms with Gasteiger partial charge in [-0.3, -0.25) is 4.90 Å². The number of benzene rings is 3. The Morgan fingerprint density at radius 3 is 2.68 bits per heavy atom. The van der Waals surface area contributed by atoms with Gasteiger partial charge in [0.15, 0.2) is 0 Å². The minimum Gasteiger partial charge on any atom is -0.494 e. The molecule has 0 aliphatic carbocycles. The van der Waals surface area contributed by atoms with Crippen LogP contribution in [0.2, 0.25) is 0 Å². The van der Waals surface area contributed by atoms with E-state index < -0.39 is 0 Å². The summed E-state index contributed by atoms with van der Waals surface area (Å²) in [5, 5.41) is 3.91. The molecule has 142 valence electrons. The largest absolute Gasteiger partial charge is 0.494 e. The van der Waals surface area contributed by atoms with Crippen LogP contribution in [0, 0.1) is 0 Å². The smallest absolute Gasteiger partial charge is 0.119 e. The maximum absolute atomic E-state index is 6.02. The predicted octanol–water partition coefficient (Wildman–Crippen LogP) is 5.16. The van der Waals surface area contributed by atoms with Crippen LogP contribution in [-0.4, -0.2) is 29.2 Å². The van der Waals surface area contributed by atoms with Crippen molar-refractivity contribution < 1.29 is 4.74 Å². The van der Waals surface area contributed by atoms with E-state index in [1.807, 2.05) is 0 Å². The number of para-hydroxylation sites is 1. The zero-order valence-electron chi connectivity index (χ0n) is 16.4. The molecule has 1 aliphatic rings. The molecule has 0 N–H and O–H groups in total. The van der Waals surface area contributed by atoms with Crippen molar-refractivity contribution >= 4 is 21.7 Å². The van der Waals surface area contributed by atoms with E-state index in [1.165, 1.54) is 32.9 Å². The van der Waals surface area contributed by atoms with Crippen molar-refractivity contribution in [2.75, 3.05) is 19.7 Å². The van der Waals surface area contributed by atoms with Crippen molar-refractivity contribution in [3.05, 3.63) is 78.0 Å². The molecule has 0 amide bonds. The molecule has 4 aromatic rings. The van der Waals surface area contributed by atoms with Crippen LogP contribution >= 0.6 is 0 Å². The van der Waals surface area contributed by atoms with Gasteiger partial charge in [0, 0.05) is 49.7 Å². The second-order valence-electron chi connectivity index (χ2n) is 7.74. The lowest BCUT2D eigenvalue weighted by Gasteiger charge is -2.27. The van der Waals surface area contributed by atoms with Gasteiger partial charge < -0.3 is 9.30 Å². The van der Waals surface area contributed by atoms with Gasteiger partial charge in [0.2, 0.25) is 0 Å². The first-order chi connectivity index (χ1) is 13.8. The molecule has 0 atom stereocenters. The minimum absolute atomic E-state index is 0.761. The molecule has 3 aromatic carbocycles. The molecule has 3 heteroatoms. The Morgan fingerprint density at radius 2 is 1.75 bits per heavy atom. The van der Waals surface area contributed by atoms with Gasteiger partial charge >= 0.3 is 0 Å². The second kappa shape index (κ2) is 7.33. The van der Waals surface area contributed by atoms with E-state index in [0.717, 1.165) is 44.8 Å². The Labute approximate surface area is 166 Å². The number of nitrogens with zero attached hydrogens (tertiary/aromatic N) is 2. The first kappa shape index (κ1) is 17.3. The molecule has 0 saturated carbocycles. The van der Waals surface area contributed by atoms with Crippen molar-refractivity contribution in [1.29, 1.82) is 0 Å². The Bertz CT molecular complexity index is 1130. The second-order valence-corrected chi connectivity index (χ2v) is 7.74. The highest BCUT2D eigenvalue weighted by atomic mass is 16.5. The Hall–Kier alpha value is -2.78. The highest BCUT2D eigenvalue weighted by Gasteiger charge is 2.22. The van der Waals surface area contributed by atoms with Crippen LogP contribution in [0.4, 0.5) is 0 Å². The predicted molar refractivity (Wildman–Crippen MR) is 116 cm³/mol. The highest BCUT2D eigenvalue weighted by Crippen LogP contribution is 2.30. The summed E-state index contributed by atoms with van der Waals surface area (Å²) < 4.78 is 8.40. The number of aromatic nitrogens is 1. The van der Waals surface area contributed by atoms with Crippen LogP contribution in [0.15, 0.2) is 66.7 Å². The van der Waals surface area contributed by atoms with Gasteiger partial charge in [-0.15, -0.1) is 0 Å². The van der Waals surface area contributed by atoms with Crippen LogP contribution in [-0.2, 0) is 20.0 Å². The first-order valence-corrected chi connectivity index (χ1v) is 10.2.